The van der Waals surface area contributed by atoms with Gasteiger partial charge in [-0.05, 0) is 43.7 Å². The van der Waals surface area contributed by atoms with Crippen LogP contribution in [-0.4, -0.2) is 22.6 Å². The van der Waals surface area contributed by atoms with E-state index >= 15 is 0 Å². The Kier molecular flexibility index (Phi) is 3.98. The number of carboxylic acids is 1. The largest absolute Gasteiger partial charge is 0.478 e. The molecule has 5 heteroatoms. The quantitative estimate of drug-likeness (QED) is 0.928. The Bertz CT molecular complexity index is 644. The Morgan fingerprint density at radius 1 is 1.40 bits per heavy atom. The molecular formula is C15H15FN2O2. The van der Waals surface area contributed by atoms with Crippen molar-refractivity contribution in [3.8, 4) is 0 Å². The summed E-state index contributed by atoms with van der Waals surface area (Å²) in [7, 11) is 0. The van der Waals surface area contributed by atoms with E-state index in [1.54, 1.807) is 36.2 Å². The van der Waals surface area contributed by atoms with Gasteiger partial charge in [-0.3, -0.25) is 0 Å². The maximum atomic E-state index is 13.4. The van der Waals surface area contributed by atoms with Crippen LogP contribution in [0.5, 0.6) is 0 Å². The fraction of sp³-hybridized carbons (Fsp3) is 0.200. The predicted octanol–water partition coefficient (Wildman–Crippen LogP) is 3.39. The van der Waals surface area contributed by atoms with Gasteiger partial charge in [0, 0.05) is 18.4 Å². The van der Waals surface area contributed by atoms with Crippen molar-refractivity contribution in [3.05, 3.63) is 53.5 Å². The van der Waals surface area contributed by atoms with Gasteiger partial charge in [0.15, 0.2) is 0 Å². The van der Waals surface area contributed by atoms with Gasteiger partial charge in [-0.1, -0.05) is 6.07 Å². The zero-order valence-electron chi connectivity index (χ0n) is 11.3. The summed E-state index contributed by atoms with van der Waals surface area (Å²) >= 11 is 0. The Morgan fingerprint density at radius 2 is 2.15 bits per heavy atom. The van der Waals surface area contributed by atoms with Crippen LogP contribution in [0.1, 0.15) is 22.8 Å². The van der Waals surface area contributed by atoms with Crippen LogP contribution in [0.25, 0.3) is 0 Å². The number of anilines is 2. The van der Waals surface area contributed by atoms with Gasteiger partial charge in [0.1, 0.15) is 17.2 Å². The van der Waals surface area contributed by atoms with Gasteiger partial charge < -0.3 is 10.0 Å². The molecule has 0 aliphatic heterocycles. The second kappa shape index (κ2) is 5.69. The first kappa shape index (κ1) is 14.0. The van der Waals surface area contributed by atoms with Crippen molar-refractivity contribution >= 4 is 17.5 Å². The number of aromatic carboxylic acids is 1. The molecule has 0 saturated heterocycles. The molecule has 4 nitrogen and oxygen atoms in total. The van der Waals surface area contributed by atoms with E-state index < -0.39 is 5.97 Å². The van der Waals surface area contributed by atoms with E-state index in [4.69, 9.17) is 0 Å². The van der Waals surface area contributed by atoms with Gasteiger partial charge in [0.2, 0.25) is 0 Å². The lowest BCUT2D eigenvalue weighted by atomic mass is 10.1. The molecule has 2 rings (SSSR count). The smallest absolute Gasteiger partial charge is 0.339 e. The van der Waals surface area contributed by atoms with E-state index in [0.717, 1.165) is 0 Å². The maximum Gasteiger partial charge on any atom is 0.339 e. The summed E-state index contributed by atoms with van der Waals surface area (Å²) in [6.45, 7) is 4.06. The molecule has 0 aliphatic rings. The molecule has 1 aromatic carbocycles. The highest BCUT2D eigenvalue weighted by Gasteiger charge is 2.20. The average molecular weight is 274 g/mol. The molecule has 0 fully saturated rings. The minimum atomic E-state index is -1.04. The molecule has 0 atom stereocenters. The van der Waals surface area contributed by atoms with Crippen LogP contribution < -0.4 is 4.90 Å². The summed E-state index contributed by atoms with van der Waals surface area (Å²) in [6, 6.07) is 7.66. The summed E-state index contributed by atoms with van der Waals surface area (Å²) in [5.41, 5.74) is 1.34. The number of aromatic nitrogens is 1. The van der Waals surface area contributed by atoms with Gasteiger partial charge in [-0.15, -0.1) is 0 Å². The predicted molar refractivity (Wildman–Crippen MR) is 75.0 cm³/mol. The number of rotatable bonds is 4. The maximum absolute atomic E-state index is 13.4. The number of hydrogen-bond donors (Lipinski definition) is 1. The third kappa shape index (κ3) is 2.61. The molecule has 20 heavy (non-hydrogen) atoms. The molecule has 0 spiro atoms. The topological polar surface area (TPSA) is 53.4 Å². The Balaban J connectivity index is 2.58. The fourth-order valence-corrected chi connectivity index (χ4v) is 2.11. The van der Waals surface area contributed by atoms with E-state index in [1.165, 1.54) is 12.1 Å². The highest BCUT2D eigenvalue weighted by atomic mass is 19.1. The highest BCUT2D eigenvalue weighted by molar-refractivity contribution is 5.95. The number of nitrogens with zero attached hydrogens (tertiary/aromatic N) is 2. The molecule has 1 N–H and O–H groups in total. The van der Waals surface area contributed by atoms with Crippen LogP contribution in [0, 0.1) is 12.7 Å². The van der Waals surface area contributed by atoms with E-state index in [1.807, 2.05) is 6.92 Å². The summed E-state index contributed by atoms with van der Waals surface area (Å²) in [6.07, 6.45) is 1.55. The second-order valence-electron chi connectivity index (χ2n) is 4.36. The van der Waals surface area contributed by atoms with Crippen LogP contribution >= 0.6 is 0 Å². The Labute approximate surface area is 116 Å². The van der Waals surface area contributed by atoms with Gasteiger partial charge >= 0.3 is 5.97 Å². The van der Waals surface area contributed by atoms with Gasteiger partial charge in [0.25, 0.3) is 0 Å². The lowest BCUT2D eigenvalue weighted by Gasteiger charge is -2.24. The number of carboxylic acid groups (broad SMARTS) is 1. The van der Waals surface area contributed by atoms with Crippen molar-refractivity contribution in [3.63, 3.8) is 0 Å². The molecule has 1 aromatic heterocycles. The molecule has 0 radical (unpaired) electrons. The van der Waals surface area contributed by atoms with Crippen molar-refractivity contribution in [1.82, 2.24) is 4.98 Å². The Hall–Kier alpha value is -2.43. The normalized spacial score (nSPS) is 10.3. The third-order valence-corrected chi connectivity index (χ3v) is 3.04. The molecule has 0 aliphatic carbocycles. The molecule has 2 aromatic rings. The minimum Gasteiger partial charge on any atom is -0.478 e. The lowest BCUT2D eigenvalue weighted by Crippen LogP contribution is -2.21. The lowest BCUT2D eigenvalue weighted by molar-refractivity contribution is 0.0696. The minimum absolute atomic E-state index is 0.138. The SMILES string of the molecule is CCN(c1cccc(F)c1)c1nccc(C)c1C(=O)O. The standard InChI is InChI=1S/C15H15FN2O2/c1-3-18(12-6-4-5-11(16)9-12)14-13(15(19)20)10(2)7-8-17-14/h4-9H,3H2,1-2H3,(H,19,20). The second-order valence-corrected chi connectivity index (χ2v) is 4.36. The van der Waals surface area contributed by atoms with Crippen LogP contribution in [0.15, 0.2) is 36.5 Å². The highest BCUT2D eigenvalue weighted by Crippen LogP contribution is 2.28. The van der Waals surface area contributed by atoms with Gasteiger partial charge in [0.05, 0.1) is 0 Å². The number of aryl methyl sites for hydroxylation is 1. The van der Waals surface area contributed by atoms with Crippen molar-refractivity contribution in [2.75, 3.05) is 11.4 Å². The van der Waals surface area contributed by atoms with Crippen molar-refractivity contribution < 1.29 is 14.3 Å². The van der Waals surface area contributed by atoms with Crippen LogP contribution in [0.3, 0.4) is 0 Å². The molecule has 1 heterocycles. The number of benzene rings is 1. The first-order valence-electron chi connectivity index (χ1n) is 6.26. The van der Waals surface area contributed by atoms with Crippen LogP contribution in [0.2, 0.25) is 0 Å². The molecule has 0 unspecified atom stereocenters. The van der Waals surface area contributed by atoms with E-state index in [2.05, 4.69) is 4.98 Å². The summed E-state index contributed by atoms with van der Waals surface area (Å²) in [4.78, 5) is 17.3. The molecular weight excluding hydrogens is 259 g/mol. The van der Waals surface area contributed by atoms with Gasteiger partial charge in [-0.2, -0.15) is 0 Å². The Morgan fingerprint density at radius 3 is 2.75 bits per heavy atom. The molecule has 104 valence electrons. The number of halogens is 1. The van der Waals surface area contributed by atoms with Crippen molar-refractivity contribution in [2.45, 2.75) is 13.8 Å². The van der Waals surface area contributed by atoms with E-state index in [9.17, 15) is 14.3 Å². The van der Waals surface area contributed by atoms with Crippen molar-refractivity contribution in [2.24, 2.45) is 0 Å². The number of pyridine rings is 1. The molecule has 0 bridgehead atoms. The van der Waals surface area contributed by atoms with Crippen LogP contribution in [0.4, 0.5) is 15.9 Å². The first-order chi connectivity index (χ1) is 9.54. The van der Waals surface area contributed by atoms with Crippen molar-refractivity contribution in [1.29, 1.82) is 0 Å². The van der Waals surface area contributed by atoms with Crippen LogP contribution in [-0.2, 0) is 0 Å². The zero-order valence-corrected chi connectivity index (χ0v) is 11.3. The summed E-state index contributed by atoms with van der Waals surface area (Å²) < 4.78 is 13.4. The van der Waals surface area contributed by atoms with Gasteiger partial charge in [-0.25, -0.2) is 14.2 Å². The number of carbonyl (C=O) groups is 1. The number of hydrogen-bond acceptors (Lipinski definition) is 3. The first-order valence-corrected chi connectivity index (χ1v) is 6.26. The average Bonchev–Trinajstić information content (AvgIpc) is 2.39. The van der Waals surface area contributed by atoms with E-state index in [-0.39, 0.29) is 11.4 Å². The summed E-state index contributed by atoms with van der Waals surface area (Å²) in [5, 5.41) is 9.35. The molecule has 0 amide bonds. The van der Waals surface area contributed by atoms with E-state index in [0.29, 0.717) is 23.6 Å². The monoisotopic (exact) mass is 274 g/mol. The summed E-state index contributed by atoms with van der Waals surface area (Å²) in [5.74, 6) is -1.09. The third-order valence-electron chi connectivity index (χ3n) is 3.04. The molecule has 0 saturated carbocycles. The zero-order chi connectivity index (χ0) is 14.7. The fourth-order valence-electron chi connectivity index (χ4n) is 2.11.